The molecule has 5 rings (SSSR count). The molecular formula is C27H33FN4O3. The van der Waals surface area contributed by atoms with Gasteiger partial charge in [0.25, 0.3) is 5.91 Å². The molecule has 0 spiro atoms. The fraction of sp³-hybridized carbons (Fsp3) is 0.519. The summed E-state index contributed by atoms with van der Waals surface area (Å²) < 4.78 is 21.5. The summed E-state index contributed by atoms with van der Waals surface area (Å²) in [5, 5.41) is 5.38. The van der Waals surface area contributed by atoms with Crippen LogP contribution in [-0.2, 0) is 24.1 Å². The molecule has 1 saturated carbocycles. The molecule has 1 aromatic carbocycles. The van der Waals surface area contributed by atoms with E-state index >= 15 is 0 Å². The third-order valence-electron chi connectivity index (χ3n) is 6.77. The van der Waals surface area contributed by atoms with Gasteiger partial charge in [-0.1, -0.05) is 6.07 Å². The molecule has 2 aromatic heterocycles. The van der Waals surface area contributed by atoms with E-state index in [1.807, 2.05) is 55.8 Å². The Kier molecular flexibility index (Phi) is 6.15. The van der Waals surface area contributed by atoms with Crippen LogP contribution in [0.25, 0.3) is 10.9 Å². The van der Waals surface area contributed by atoms with Crippen molar-refractivity contribution in [1.82, 2.24) is 19.2 Å². The average molecular weight is 481 g/mol. The number of hydrogen-bond donors (Lipinski definition) is 0. The quantitative estimate of drug-likeness (QED) is 0.490. The van der Waals surface area contributed by atoms with Gasteiger partial charge in [-0.2, -0.15) is 9.78 Å². The molecule has 1 atom stereocenters. The van der Waals surface area contributed by atoms with E-state index in [9.17, 15) is 14.0 Å². The molecule has 1 fully saturated rings. The second kappa shape index (κ2) is 9.13. The first-order valence-corrected chi connectivity index (χ1v) is 12.5. The van der Waals surface area contributed by atoms with Crippen molar-refractivity contribution in [2.75, 3.05) is 6.67 Å². The molecule has 2 heterocycles. The maximum atomic E-state index is 13.9. The maximum Gasteiger partial charge on any atom is 0.435 e. The van der Waals surface area contributed by atoms with E-state index in [4.69, 9.17) is 4.74 Å². The second-order valence-electron chi connectivity index (χ2n) is 10.7. The zero-order chi connectivity index (χ0) is 24.7. The fourth-order valence-corrected chi connectivity index (χ4v) is 5.08. The predicted molar refractivity (Wildman–Crippen MR) is 131 cm³/mol. The standard InChI is InChI=1S/C27H33FN4O3/c1-27(2,3)35-26(34)31-17-18-16-20(10-11-23(18)29-31)32(19-8-9-19)25(33)22-6-4-7-24-21(22)12-15-30(24)14-5-13-28/h4,6-7,12,15,17,19-20H,5,8-11,13-14,16H2,1-3H3. The molecule has 2 aliphatic rings. The molecular weight excluding hydrogens is 447 g/mol. The molecule has 0 bridgehead atoms. The lowest BCUT2D eigenvalue weighted by atomic mass is 9.91. The Bertz CT molecular complexity index is 1250. The van der Waals surface area contributed by atoms with Crippen LogP contribution in [-0.4, -0.2) is 55.6 Å². The number of hydrogen-bond acceptors (Lipinski definition) is 4. The zero-order valence-electron chi connectivity index (χ0n) is 20.7. The lowest BCUT2D eigenvalue weighted by Gasteiger charge is -2.34. The first-order valence-electron chi connectivity index (χ1n) is 12.5. The smallest absolute Gasteiger partial charge is 0.435 e. The number of rotatable bonds is 6. The van der Waals surface area contributed by atoms with Crippen molar-refractivity contribution < 1.29 is 18.7 Å². The highest BCUT2D eigenvalue weighted by atomic mass is 19.1. The Balaban J connectivity index is 1.39. The topological polar surface area (TPSA) is 69.4 Å². The lowest BCUT2D eigenvalue weighted by Crippen LogP contribution is -2.44. The second-order valence-corrected chi connectivity index (χ2v) is 10.7. The van der Waals surface area contributed by atoms with Crippen LogP contribution in [0.2, 0.25) is 0 Å². The number of amides is 1. The summed E-state index contributed by atoms with van der Waals surface area (Å²) in [5.74, 6) is 0.0503. The number of carbonyl (C=O) groups is 2. The summed E-state index contributed by atoms with van der Waals surface area (Å²) >= 11 is 0. The van der Waals surface area contributed by atoms with Gasteiger partial charge in [-0.05, 0) is 83.1 Å². The van der Waals surface area contributed by atoms with Gasteiger partial charge in [0.15, 0.2) is 0 Å². The normalized spacial score (nSPS) is 17.9. The number of aryl methyl sites for hydroxylation is 2. The Morgan fingerprint density at radius 3 is 2.69 bits per heavy atom. The van der Waals surface area contributed by atoms with E-state index in [1.165, 1.54) is 4.68 Å². The van der Waals surface area contributed by atoms with Crippen LogP contribution < -0.4 is 0 Å². The number of nitrogens with zero attached hydrogens (tertiary/aromatic N) is 4. The van der Waals surface area contributed by atoms with Crippen LogP contribution in [0.15, 0.2) is 36.7 Å². The highest BCUT2D eigenvalue weighted by Gasteiger charge is 2.40. The minimum Gasteiger partial charge on any atom is -0.442 e. The molecule has 1 amide bonds. The van der Waals surface area contributed by atoms with E-state index in [1.54, 1.807) is 6.20 Å². The largest absolute Gasteiger partial charge is 0.442 e. The van der Waals surface area contributed by atoms with Crippen molar-refractivity contribution in [2.24, 2.45) is 0 Å². The molecule has 35 heavy (non-hydrogen) atoms. The number of aromatic nitrogens is 3. The highest BCUT2D eigenvalue weighted by Crippen LogP contribution is 2.36. The summed E-state index contributed by atoms with van der Waals surface area (Å²) in [6, 6.07) is 8.08. The van der Waals surface area contributed by atoms with Gasteiger partial charge in [0.2, 0.25) is 0 Å². The van der Waals surface area contributed by atoms with Crippen molar-refractivity contribution in [1.29, 1.82) is 0 Å². The lowest BCUT2D eigenvalue weighted by molar-refractivity contribution is 0.0513. The van der Waals surface area contributed by atoms with Gasteiger partial charge in [-0.25, -0.2) is 4.79 Å². The molecule has 1 unspecified atom stereocenters. The van der Waals surface area contributed by atoms with E-state index in [0.717, 1.165) is 47.8 Å². The van der Waals surface area contributed by atoms with Crippen LogP contribution >= 0.6 is 0 Å². The minimum atomic E-state index is -0.590. The number of ether oxygens (including phenoxy) is 1. The van der Waals surface area contributed by atoms with E-state index < -0.39 is 11.7 Å². The number of alkyl halides is 1. The van der Waals surface area contributed by atoms with Crippen LogP contribution in [0.5, 0.6) is 0 Å². The Morgan fingerprint density at radius 2 is 1.97 bits per heavy atom. The third-order valence-corrected chi connectivity index (χ3v) is 6.77. The van der Waals surface area contributed by atoms with E-state index in [0.29, 0.717) is 24.9 Å². The molecule has 186 valence electrons. The van der Waals surface area contributed by atoms with E-state index in [2.05, 4.69) is 10.00 Å². The molecule has 3 aromatic rings. The molecule has 2 aliphatic carbocycles. The number of benzene rings is 1. The van der Waals surface area contributed by atoms with Gasteiger partial charge in [0.1, 0.15) is 5.60 Å². The van der Waals surface area contributed by atoms with Crippen LogP contribution in [0.1, 0.15) is 68.1 Å². The van der Waals surface area contributed by atoms with Crippen molar-refractivity contribution >= 4 is 22.9 Å². The van der Waals surface area contributed by atoms with Gasteiger partial charge < -0.3 is 14.2 Å². The Morgan fingerprint density at radius 1 is 1.17 bits per heavy atom. The van der Waals surface area contributed by atoms with Crippen LogP contribution in [0.4, 0.5) is 9.18 Å². The van der Waals surface area contributed by atoms with Crippen molar-refractivity contribution in [3.8, 4) is 0 Å². The molecule has 0 saturated heterocycles. The molecule has 0 N–H and O–H groups in total. The van der Waals surface area contributed by atoms with Gasteiger partial charge >= 0.3 is 6.09 Å². The fourth-order valence-electron chi connectivity index (χ4n) is 5.08. The SMILES string of the molecule is CC(C)(C)OC(=O)n1cc2c(n1)CCC(N(C(=O)c1cccc3c1ccn3CCCF)C1CC1)C2. The van der Waals surface area contributed by atoms with Crippen LogP contribution in [0.3, 0.4) is 0 Å². The van der Waals surface area contributed by atoms with Gasteiger partial charge in [0, 0.05) is 47.5 Å². The molecule has 0 aliphatic heterocycles. The Hall–Kier alpha value is -3.16. The molecule has 0 radical (unpaired) electrons. The minimum absolute atomic E-state index is 0.0503. The van der Waals surface area contributed by atoms with Crippen LogP contribution in [0, 0.1) is 0 Å². The summed E-state index contributed by atoms with van der Waals surface area (Å²) in [7, 11) is 0. The number of carbonyl (C=O) groups excluding carboxylic acids is 2. The van der Waals surface area contributed by atoms with Gasteiger partial charge in [-0.15, -0.1) is 0 Å². The van der Waals surface area contributed by atoms with Crippen molar-refractivity contribution in [2.45, 2.75) is 83.5 Å². The molecule has 7 nitrogen and oxygen atoms in total. The van der Waals surface area contributed by atoms with Gasteiger partial charge in [0.05, 0.1) is 12.4 Å². The zero-order valence-corrected chi connectivity index (χ0v) is 20.7. The highest BCUT2D eigenvalue weighted by molar-refractivity contribution is 6.07. The maximum absolute atomic E-state index is 13.9. The van der Waals surface area contributed by atoms with Crippen molar-refractivity contribution in [3.63, 3.8) is 0 Å². The van der Waals surface area contributed by atoms with E-state index in [-0.39, 0.29) is 24.7 Å². The summed E-state index contributed by atoms with van der Waals surface area (Å²) in [4.78, 5) is 28.5. The summed E-state index contributed by atoms with van der Waals surface area (Å²) in [5.41, 5.74) is 2.98. The molecule has 8 heteroatoms. The third kappa shape index (κ3) is 4.83. The monoisotopic (exact) mass is 480 g/mol. The predicted octanol–water partition coefficient (Wildman–Crippen LogP) is 5.14. The summed E-state index contributed by atoms with van der Waals surface area (Å²) in [6.45, 7) is 5.73. The first kappa shape index (κ1) is 23.6. The Labute approximate surface area is 204 Å². The first-order chi connectivity index (χ1) is 16.7. The average Bonchev–Trinajstić information content (AvgIpc) is 3.40. The van der Waals surface area contributed by atoms with Crippen molar-refractivity contribution in [3.05, 3.63) is 53.5 Å². The number of halogens is 1. The summed E-state index contributed by atoms with van der Waals surface area (Å²) in [6.07, 6.45) is 7.91. The van der Waals surface area contributed by atoms with Gasteiger partial charge in [-0.3, -0.25) is 9.18 Å². The number of fused-ring (bicyclic) bond motifs is 2.